The number of hydrogen-bond acceptors (Lipinski definition) is 5. The lowest BCUT2D eigenvalue weighted by Gasteiger charge is -2.09. The maximum absolute atomic E-state index is 12.5. The average molecular weight is 351 g/mol. The molecule has 0 saturated heterocycles. The fraction of sp³-hybridized carbons (Fsp3) is 0.105. The molecule has 0 aliphatic rings. The van der Waals surface area contributed by atoms with Crippen molar-refractivity contribution in [3.8, 4) is 17.2 Å². The molecule has 0 aliphatic carbocycles. The van der Waals surface area contributed by atoms with E-state index in [0.29, 0.717) is 22.9 Å². The Bertz CT molecular complexity index is 981. The van der Waals surface area contributed by atoms with Gasteiger partial charge in [0.1, 0.15) is 11.5 Å². The van der Waals surface area contributed by atoms with Crippen molar-refractivity contribution in [1.29, 1.82) is 0 Å². The monoisotopic (exact) mass is 351 g/mol. The number of rotatable bonds is 5. The van der Waals surface area contributed by atoms with Crippen LogP contribution in [-0.2, 0) is 0 Å². The van der Waals surface area contributed by atoms with E-state index in [1.54, 1.807) is 55.6 Å². The van der Waals surface area contributed by atoms with Crippen molar-refractivity contribution in [2.75, 3.05) is 19.5 Å². The van der Waals surface area contributed by atoms with Crippen LogP contribution >= 0.6 is 0 Å². The van der Waals surface area contributed by atoms with Gasteiger partial charge in [-0.15, -0.1) is 0 Å². The number of nitrogens with one attached hydrogen (secondary N) is 1. The lowest BCUT2D eigenvalue weighted by molar-refractivity contribution is 0.101. The van der Waals surface area contributed by atoms with Crippen molar-refractivity contribution in [2.45, 2.75) is 0 Å². The molecule has 3 aromatic rings. The largest absolute Gasteiger partial charge is 0.497 e. The van der Waals surface area contributed by atoms with Gasteiger partial charge in [0.2, 0.25) is 5.43 Å². The molecule has 26 heavy (non-hydrogen) atoms. The van der Waals surface area contributed by atoms with Crippen LogP contribution in [-0.4, -0.2) is 29.9 Å². The summed E-state index contributed by atoms with van der Waals surface area (Å²) >= 11 is 0. The third kappa shape index (κ3) is 3.72. The Morgan fingerprint density at radius 3 is 2.42 bits per heavy atom. The van der Waals surface area contributed by atoms with Gasteiger partial charge in [-0.25, -0.2) is 4.68 Å². The highest BCUT2D eigenvalue weighted by molar-refractivity contribution is 6.02. The van der Waals surface area contributed by atoms with Gasteiger partial charge in [0, 0.05) is 24.0 Å². The number of carbonyl (C=O) groups is 1. The minimum atomic E-state index is -0.592. The van der Waals surface area contributed by atoms with E-state index in [-0.39, 0.29) is 5.69 Å². The lowest BCUT2D eigenvalue weighted by Crippen LogP contribution is -2.25. The first-order valence-electron chi connectivity index (χ1n) is 7.80. The first kappa shape index (κ1) is 17.2. The fourth-order valence-corrected chi connectivity index (χ4v) is 2.33. The van der Waals surface area contributed by atoms with Gasteiger partial charge in [0.15, 0.2) is 5.69 Å². The molecule has 0 radical (unpaired) electrons. The molecule has 2 aromatic carbocycles. The number of aromatic nitrogens is 2. The minimum absolute atomic E-state index is 0.203. The van der Waals surface area contributed by atoms with Gasteiger partial charge in [0.25, 0.3) is 5.91 Å². The maximum atomic E-state index is 12.5. The van der Waals surface area contributed by atoms with Gasteiger partial charge in [-0.05, 0) is 36.4 Å². The van der Waals surface area contributed by atoms with Gasteiger partial charge in [-0.2, -0.15) is 5.10 Å². The van der Waals surface area contributed by atoms with Crippen LogP contribution in [0.5, 0.6) is 11.5 Å². The minimum Gasteiger partial charge on any atom is -0.497 e. The van der Waals surface area contributed by atoms with Gasteiger partial charge >= 0.3 is 0 Å². The molecule has 132 valence electrons. The van der Waals surface area contributed by atoms with Crippen LogP contribution in [0.3, 0.4) is 0 Å². The number of carbonyl (C=O) groups excluding carboxylic acids is 1. The zero-order valence-corrected chi connectivity index (χ0v) is 14.3. The van der Waals surface area contributed by atoms with Crippen molar-refractivity contribution < 1.29 is 14.3 Å². The fourth-order valence-electron chi connectivity index (χ4n) is 2.33. The number of hydrogen-bond donors (Lipinski definition) is 1. The van der Waals surface area contributed by atoms with E-state index in [9.17, 15) is 9.59 Å². The number of anilines is 1. The second kappa shape index (κ2) is 7.52. The van der Waals surface area contributed by atoms with Gasteiger partial charge < -0.3 is 14.8 Å². The molecule has 7 nitrogen and oxygen atoms in total. The van der Waals surface area contributed by atoms with E-state index >= 15 is 0 Å². The third-order valence-corrected chi connectivity index (χ3v) is 3.69. The van der Waals surface area contributed by atoms with E-state index < -0.39 is 11.3 Å². The second-order valence-electron chi connectivity index (χ2n) is 5.36. The van der Waals surface area contributed by atoms with Crippen molar-refractivity contribution in [2.24, 2.45) is 0 Å². The van der Waals surface area contributed by atoms with E-state index in [1.165, 1.54) is 24.1 Å². The maximum Gasteiger partial charge on any atom is 0.280 e. The van der Waals surface area contributed by atoms with Crippen molar-refractivity contribution in [1.82, 2.24) is 9.78 Å². The topological polar surface area (TPSA) is 82.5 Å². The molecule has 0 aliphatic heterocycles. The Hall–Kier alpha value is -3.61. The highest BCUT2D eigenvalue weighted by atomic mass is 16.5. The molecule has 1 heterocycles. The molecular weight excluding hydrogens is 334 g/mol. The van der Waals surface area contributed by atoms with Crippen LogP contribution in [0.1, 0.15) is 10.5 Å². The molecule has 1 N–H and O–H groups in total. The van der Waals surface area contributed by atoms with Crippen molar-refractivity contribution >= 4 is 11.6 Å². The highest BCUT2D eigenvalue weighted by Gasteiger charge is 2.14. The predicted octanol–water partition coefficient (Wildman–Crippen LogP) is 2.50. The summed E-state index contributed by atoms with van der Waals surface area (Å²) in [6, 6.07) is 15.2. The summed E-state index contributed by atoms with van der Waals surface area (Å²) in [5, 5.41) is 6.81. The standard InChI is InChI=1S/C19H17N3O4/c1-25-15-8-6-14(7-9-15)22-11-10-17(23)18(21-22)19(24)20-13-4-3-5-16(12-13)26-2/h3-12H,1-2H3,(H,20,24). The number of methoxy groups -OCH3 is 2. The molecule has 1 aromatic heterocycles. The molecule has 0 atom stereocenters. The summed E-state index contributed by atoms with van der Waals surface area (Å²) in [4.78, 5) is 24.5. The van der Waals surface area contributed by atoms with E-state index in [4.69, 9.17) is 9.47 Å². The third-order valence-electron chi connectivity index (χ3n) is 3.69. The molecule has 1 amide bonds. The SMILES string of the molecule is COc1ccc(-n2ccc(=O)c(C(=O)Nc3cccc(OC)c3)n2)cc1. The van der Waals surface area contributed by atoms with Crippen LogP contribution in [0.2, 0.25) is 0 Å². The van der Waals surface area contributed by atoms with E-state index in [2.05, 4.69) is 10.4 Å². The number of ether oxygens (including phenoxy) is 2. The number of nitrogens with zero attached hydrogens (tertiary/aromatic N) is 2. The molecular formula is C19H17N3O4. The summed E-state index contributed by atoms with van der Waals surface area (Å²) in [5.41, 5.74) is 0.540. The van der Waals surface area contributed by atoms with Gasteiger partial charge in [-0.1, -0.05) is 6.07 Å². The average Bonchev–Trinajstić information content (AvgIpc) is 2.68. The molecule has 0 bridgehead atoms. The molecule has 0 saturated carbocycles. The Morgan fingerprint density at radius 2 is 1.73 bits per heavy atom. The van der Waals surface area contributed by atoms with Crippen LogP contribution in [0.15, 0.2) is 65.6 Å². The quantitative estimate of drug-likeness (QED) is 0.764. The second-order valence-corrected chi connectivity index (χ2v) is 5.36. The first-order chi connectivity index (χ1) is 12.6. The van der Waals surface area contributed by atoms with Crippen LogP contribution in [0, 0.1) is 0 Å². The highest BCUT2D eigenvalue weighted by Crippen LogP contribution is 2.17. The number of benzene rings is 2. The Balaban J connectivity index is 1.88. The molecule has 0 unspecified atom stereocenters. The van der Waals surface area contributed by atoms with Crippen LogP contribution < -0.4 is 20.2 Å². The Morgan fingerprint density at radius 1 is 1.00 bits per heavy atom. The molecule has 3 rings (SSSR count). The Kier molecular flexibility index (Phi) is 4.98. The molecule has 0 fully saturated rings. The van der Waals surface area contributed by atoms with E-state index in [1.807, 2.05) is 0 Å². The van der Waals surface area contributed by atoms with Crippen LogP contribution in [0.25, 0.3) is 5.69 Å². The van der Waals surface area contributed by atoms with E-state index in [0.717, 1.165) is 0 Å². The summed E-state index contributed by atoms with van der Waals surface area (Å²) < 4.78 is 11.7. The molecule has 0 spiro atoms. The molecule has 7 heteroatoms. The number of amides is 1. The van der Waals surface area contributed by atoms with Crippen molar-refractivity contribution in [3.05, 3.63) is 76.7 Å². The summed E-state index contributed by atoms with van der Waals surface area (Å²) in [6.07, 6.45) is 1.51. The van der Waals surface area contributed by atoms with Gasteiger partial charge in [-0.3, -0.25) is 9.59 Å². The smallest absolute Gasteiger partial charge is 0.280 e. The summed E-state index contributed by atoms with van der Waals surface area (Å²) in [7, 11) is 3.11. The summed E-state index contributed by atoms with van der Waals surface area (Å²) in [6.45, 7) is 0. The zero-order chi connectivity index (χ0) is 18.5. The normalized spacial score (nSPS) is 10.2. The van der Waals surface area contributed by atoms with Crippen LogP contribution in [0.4, 0.5) is 5.69 Å². The lowest BCUT2D eigenvalue weighted by atomic mass is 10.2. The predicted molar refractivity (Wildman–Crippen MR) is 97.3 cm³/mol. The van der Waals surface area contributed by atoms with Crippen molar-refractivity contribution in [3.63, 3.8) is 0 Å². The zero-order valence-electron chi connectivity index (χ0n) is 14.3. The first-order valence-corrected chi connectivity index (χ1v) is 7.80. The Labute approximate surface area is 149 Å². The van der Waals surface area contributed by atoms with Gasteiger partial charge in [0.05, 0.1) is 19.9 Å². The summed E-state index contributed by atoms with van der Waals surface area (Å²) in [5.74, 6) is 0.705.